The van der Waals surface area contributed by atoms with Crippen molar-refractivity contribution >= 4 is 12.1 Å². The van der Waals surface area contributed by atoms with Crippen molar-refractivity contribution in [1.82, 2.24) is 15.1 Å². The fourth-order valence-electron chi connectivity index (χ4n) is 4.85. The number of rotatable bonds is 1. The lowest BCUT2D eigenvalue weighted by atomic mass is 9.70. The largest absolute Gasteiger partial charge is 0.441 e. The van der Waals surface area contributed by atoms with Crippen LogP contribution in [0.1, 0.15) is 51.4 Å². The Kier molecular flexibility index (Phi) is 3.24. The summed E-state index contributed by atoms with van der Waals surface area (Å²) in [7, 11) is 1.75. The van der Waals surface area contributed by atoms with Gasteiger partial charge in [0, 0.05) is 25.7 Å². The SMILES string of the molecule is CN1CC2N(C(=O)NC3CCCC3)C3CCC2(CC3)OC1=O. The quantitative estimate of drug-likeness (QED) is 0.807. The molecule has 2 saturated carbocycles. The number of amides is 3. The highest BCUT2D eigenvalue weighted by atomic mass is 16.6. The van der Waals surface area contributed by atoms with Gasteiger partial charge in [0.1, 0.15) is 5.60 Å². The van der Waals surface area contributed by atoms with Gasteiger partial charge in [-0.15, -0.1) is 0 Å². The average Bonchev–Trinajstić information content (AvgIpc) is 3.00. The maximum Gasteiger partial charge on any atom is 0.410 e. The lowest BCUT2D eigenvalue weighted by molar-refractivity contribution is -0.159. The molecule has 0 aromatic rings. The Morgan fingerprint density at radius 1 is 1.23 bits per heavy atom. The summed E-state index contributed by atoms with van der Waals surface area (Å²) in [5.74, 6) is 0. The van der Waals surface area contributed by atoms with Crippen molar-refractivity contribution in [3.05, 3.63) is 0 Å². The van der Waals surface area contributed by atoms with Crippen LogP contribution in [0.3, 0.4) is 0 Å². The molecule has 2 aliphatic carbocycles. The van der Waals surface area contributed by atoms with E-state index in [0.29, 0.717) is 18.6 Å². The van der Waals surface area contributed by atoms with E-state index in [9.17, 15) is 9.59 Å². The van der Waals surface area contributed by atoms with Crippen molar-refractivity contribution in [1.29, 1.82) is 0 Å². The van der Waals surface area contributed by atoms with Gasteiger partial charge in [-0.2, -0.15) is 0 Å². The molecule has 6 heteroatoms. The smallest absolute Gasteiger partial charge is 0.410 e. The molecule has 1 atom stereocenters. The molecule has 0 radical (unpaired) electrons. The predicted molar refractivity (Wildman–Crippen MR) is 80.5 cm³/mol. The van der Waals surface area contributed by atoms with Crippen LogP contribution in [0.15, 0.2) is 0 Å². The number of piperidine rings is 2. The van der Waals surface area contributed by atoms with Gasteiger partial charge in [0.05, 0.1) is 6.04 Å². The maximum atomic E-state index is 12.8. The number of likely N-dealkylation sites (N-methyl/N-ethyl adjacent to an activating group) is 1. The van der Waals surface area contributed by atoms with Crippen LogP contribution in [-0.4, -0.2) is 59.2 Å². The van der Waals surface area contributed by atoms with Gasteiger partial charge in [-0.3, -0.25) is 0 Å². The maximum absolute atomic E-state index is 12.8. The lowest BCUT2D eigenvalue weighted by Gasteiger charge is -2.59. The molecule has 1 spiro atoms. The summed E-state index contributed by atoms with van der Waals surface area (Å²) >= 11 is 0. The molecular weight excluding hydrogens is 282 g/mol. The molecular formula is C16H25N3O3. The highest BCUT2D eigenvalue weighted by Gasteiger charge is 2.59. The Labute approximate surface area is 131 Å². The second-order valence-electron chi connectivity index (χ2n) is 7.40. The van der Waals surface area contributed by atoms with Crippen molar-refractivity contribution in [2.45, 2.75) is 75.1 Å². The normalized spacial score (nSPS) is 38.0. The van der Waals surface area contributed by atoms with Crippen molar-refractivity contribution in [2.24, 2.45) is 0 Å². The van der Waals surface area contributed by atoms with E-state index in [-0.39, 0.29) is 18.2 Å². The number of nitrogens with zero attached hydrogens (tertiary/aromatic N) is 2. The van der Waals surface area contributed by atoms with Crippen LogP contribution < -0.4 is 5.32 Å². The van der Waals surface area contributed by atoms with Gasteiger partial charge in [-0.25, -0.2) is 9.59 Å². The third kappa shape index (κ3) is 2.07. The first-order chi connectivity index (χ1) is 10.6. The number of hydrogen-bond donors (Lipinski definition) is 1. The minimum Gasteiger partial charge on any atom is -0.441 e. The first kappa shape index (κ1) is 14.2. The van der Waals surface area contributed by atoms with E-state index in [1.54, 1.807) is 11.9 Å². The van der Waals surface area contributed by atoms with Crippen molar-refractivity contribution in [2.75, 3.05) is 13.6 Å². The van der Waals surface area contributed by atoms with E-state index < -0.39 is 5.60 Å². The lowest BCUT2D eigenvalue weighted by Crippen LogP contribution is -2.74. The Bertz CT molecular complexity index is 481. The summed E-state index contributed by atoms with van der Waals surface area (Å²) in [6.45, 7) is 0.591. The van der Waals surface area contributed by atoms with E-state index in [0.717, 1.165) is 38.5 Å². The summed E-state index contributed by atoms with van der Waals surface area (Å²) in [5, 5.41) is 3.22. The van der Waals surface area contributed by atoms with E-state index in [2.05, 4.69) is 5.32 Å². The van der Waals surface area contributed by atoms with Crippen LogP contribution in [0.2, 0.25) is 0 Å². The van der Waals surface area contributed by atoms with Crippen molar-refractivity contribution in [3.8, 4) is 0 Å². The molecule has 0 aromatic heterocycles. The van der Waals surface area contributed by atoms with Crippen LogP contribution in [0, 0.1) is 0 Å². The Morgan fingerprint density at radius 2 is 1.91 bits per heavy atom. The number of carbonyl (C=O) groups excluding carboxylic acids is 2. The van der Waals surface area contributed by atoms with Gasteiger partial charge in [-0.1, -0.05) is 12.8 Å². The van der Waals surface area contributed by atoms with Crippen LogP contribution >= 0.6 is 0 Å². The molecule has 3 heterocycles. The Hall–Kier alpha value is -1.46. The van der Waals surface area contributed by atoms with Gasteiger partial charge >= 0.3 is 12.1 Å². The molecule has 122 valence electrons. The number of urea groups is 1. The van der Waals surface area contributed by atoms with E-state index in [1.165, 1.54) is 12.8 Å². The van der Waals surface area contributed by atoms with Gasteiger partial charge in [0.2, 0.25) is 0 Å². The number of carbonyl (C=O) groups is 2. The number of nitrogens with one attached hydrogen (secondary N) is 1. The minimum atomic E-state index is -0.439. The molecule has 22 heavy (non-hydrogen) atoms. The topological polar surface area (TPSA) is 61.9 Å². The van der Waals surface area contributed by atoms with Crippen LogP contribution in [0.5, 0.6) is 0 Å². The average molecular weight is 307 g/mol. The summed E-state index contributed by atoms with van der Waals surface area (Å²) < 4.78 is 5.79. The van der Waals surface area contributed by atoms with E-state index in [1.807, 2.05) is 4.90 Å². The number of hydrogen-bond acceptors (Lipinski definition) is 3. The molecule has 2 bridgehead atoms. The molecule has 5 aliphatic rings. The zero-order valence-corrected chi connectivity index (χ0v) is 13.2. The standard InChI is InChI=1S/C16H25N3O3/c1-18-10-13-16(22-15(18)21)8-6-12(7-9-16)19(13)14(20)17-11-4-2-3-5-11/h11-13H,2-10H2,1H3,(H,17,20). The molecule has 5 fully saturated rings. The molecule has 1 N–H and O–H groups in total. The second-order valence-corrected chi connectivity index (χ2v) is 7.40. The third-order valence-corrected chi connectivity index (χ3v) is 6.10. The summed E-state index contributed by atoms with van der Waals surface area (Å²) in [5.41, 5.74) is -0.439. The van der Waals surface area contributed by atoms with Crippen LogP contribution in [-0.2, 0) is 4.74 Å². The molecule has 1 unspecified atom stereocenters. The molecule has 3 saturated heterocycles. The number of fused-ring (bicyclic) bond motifs is 2. The minimum absolute atomic E-state index is 0.00380. The Morgan fingerprint density at radius 3 is 2.59 bits per heavy atom. The van der Waals surface area contributed by atoms with E-state index in [4.69, 9.17) is 4.74 Å². The second kappa shape index (κ2) is 5.03. The first-order valence-electron chi connectivity index (χ1n) is 8.62. The molecule has 6 nitrogen and oxygen atoms in total. The third-order valence-electron chi connectivity index (χ3n) is 6.10. The molecule has 0 aromatic carbocycles. The van der Waals surface area contributed by atoms with E-state index >= 15 is 0 Å². The van der Waals surface area contributed by atoms with Crippen molar-refractivity contribution < 1.29 is 14.3 Å². The fraction of sp³-hybridized carbons (Fsp3) is 0.875. The summed E-state index contributed by atoms with van der Waals surface area (Å²) in [6.07, 6.45) is 8.06. The van der Waals surface area contributed by atoms with Crippen LogP contribution in [0.25, 0.3) is 0 Å². The zero-order valence-electron chi connectivity index (χ0n) is 13.2. The van der Waals surface area contributed by atoms with Crippen molar-refractivity contribution in [3.63, 3.8) is 0 Å². The van der Waals surface area contributed by atoms with Gasteiger partial charge < -0.3 is 19.9 Å². The first-order valence-corrected chi connectivity index (χ1v) is 8.62. The Balaban J connectivity index is 1.56. The molecule has 3 amide bonds. The fourth-order valence-corrected chi connectivity index (χ4v) is 4.85. The highest BCUT2D eigenvalue weighted by molar-refractivity contribution is 5.77. The molecule has 3 aliphatic heterocycles. The zero-order chi connectivity index (χ0) is 15.3. The van der Waals surface area contributed by atoms with Gasteiger partial charge in [-0.05, 0) is 38.5 Å². The molecule has 5 rings (SSSR count). The van der Waals surface area contributed by atoms with Gasteiger partial charge in [0.15, 0.2) is 0 Å². The van der Waals surface area contributed by atoms with Gasteiger partial charge in [0.25, 0.3) is 0 Å². The summed E-state index contributed by atoms with van der Waals surface area (Å²) in [4.78, 5) is 28.4. The monoisotopic (exact) mass is 307 g/mol. The predicted octanol–water partition coefficient (Wildman–Crippen LogP) is 2.09. The number of ether oxygens (including phenoxy) is 1. The summed E-state index contributed by atoms with van der Waals surface area (Å²) in [6, 6.07) is 0.687. The highest BCUT2D eigenvalue weighted by Crippen LogP contribution is 2.47. The van der Waals surface area contributed by atoms with Crippen LogP contribution in [0.4, 0.5) is 9.59 Å².